The number of likely N-dealkylation sites (tertiary alicyclic amines) is 1. The van der Waals surface area contributed by atoms with Gasteiger partial charge in [0, 0.05) is 19.3 Å². The molecule has 0 aliphatic carbocycles. The number of hydrogen-bond acceptors (Lipinski definition) is 5. The third-order valence-electron chi connectivity index (χ3n) is 3.55. The van der Waals surface area contributed by atoms with Crippen molar-refractivity contribution in [3.05, 3.63) is 29.8 Å². The third-order valence-corrected chi connectivity index (χ3v) is 4.66. The summed E-state index contributed by atoms with van der Waals surface area (Å²) in [5.74, 6) is -0.921. The molecule has 0 radical (unpaired) electrons. The molecule has 6 nitrogen and oxygen atoms in total. The van der Waals surface area contributed by atoms with Crippen LogP contribution in [0, 0.1) is 0 Å². The summed E-state index contributed by atoms with van der Waals surface area (Å²) in [6.45, 7) is 2.90. The number of hydrogen-bond donors (Lipinski definition) is 0. The first-order chi connectivity index (χ1) is 10.3. The second-order valence-electron chi connectivity index (χ2n) is 5.38. The van der Waals surface area contributed by atoms with Crippen LogP contribution < -0.4 is 0 Å². The van der Waals surface area contributed by atoms with Gasteiger partial charge in [0.05, 0.1) is 10.5 Å². The fraction of sp³-hybridized carbons (Fsp3) is 0.467. The van der Waals surface area contributed by atoms with Gasteiger partial charge in [-0.1, -0.05) is 6.07 Å². The molecule has 22 heavy (non-hydrogen) atoms. The quantitative estimate of drug-likeness (QED) is 0.779. The van der Waals surface area contributed by atoms with E-state index < -0.39 is 21.9 Å². The summed E-state index contributed by atoms with van der Waals surface area (Å²) in [6.07, 6.45) is 2.11. The molecule has 0 bridgehead atoms. The molecular formula is C15H19NO5S. The van der Waals surface area contributed by atoms with Crippen LogP contribution in [0.5, 0.6) is 0 Å². The number of esters is 1. The summed E-state index contributed by atoms with van der Waals surface area (Å²) >= 11 is 0. The van der Waals surface area contributed by atoms with Gasteiger partial charge in [-0.05, 0) is 38.0 Å². The standard InChI is InChI=1S/C15H19NO5S/c1-11(14(17)16-8-3-4-9-16)21-15(18)12-6-5-7-13(10-12)22(2,19)20/h5-7,10-11H,3-4,8-9H2,1-2H3. The average Bonchev–Trinajstić information content (AvgIpc) is 2.99. The molecule has 0 N–H and O–H groups in total. The van der Waals surface area contributed by atoms with Crippen molar-refractivity contribution in [2.75, 3.05) is 19.3 Å². The van der Waals surface area contributed by atoms with Gasteiger partial charge in [0.25, 0.3) is 5.91 Å². The molecule has 1 fully saturated rings. The van der Waals surface area contributed by atoms with Gasteiger partial charge in [0.1, 0.15) is 0 Å². The summed E-state index contributed by atoms with van der Waals surface area (Å²) in [5.41, 5.74) is 0.115. The average molecular weight is 325 g/mol. The molecule has 1 aromatic carbocycles. The highest BCUT2D eigenvalue weighted by atomic mass is 32.2. The monoisotopic (exact) mass is 325 g/mol. The Hall–Kier alpha value is -1.89. The normalized spacial score (nSPS) is 16.4. The molecule has 1 aromatic rings. The Morgan fingerprint density at radius 1 is 1.23 bits per heavy atom. The summed E-state index contributed by atoms with van der Waals surface area (Å²) in [5, 5.41) is 0. The lowest BCUT2D eigenvalue weighted by Crippen LogP contribution is -2.38. The van der Waals surface area contributed by atoms with Crippen LogP contribution in [0.15, 0.2) is 29.2 Å². The first-order valence-electron chi connectivity index (χ1n) is 7.09. The molecule has 7 heteroatoms. The minimum Gasteiger partial charge on any atom is -0.449 e. The summed E-state index contributed by atoms with van der Waals surface area (Å²) in [6, 6.07) is 5.60. The van der Waals surface area contributed by atoms with E-state index in [1.165, 1.54) is 31.2 Å². The Labute approximate surface area is 130 Å². The van der Waals surface area contributed by atoms with Gasteiger partial charge in [-0.2, -0.15) is 0 Å². The van der Waals surface area contributed by atoms with E-state index in [2.05, 4.69) is 0 Å². The molecule has 1 aliphatic rings. The second kappa shape index (κ2) is 6.48. The van der Waals surface area contributed by atoms with Crippen LogP contribution in [0.25, 0.3) is 0 Å². The number of amides is 1. The van der Waals surface area contributed by atoms with Crippen LogP contribution in [-0.2, 0) is 19.4 Å². The van der Waals surface area contributed by atoms with E-state index in [0.29, 0.717) is 13.1 Å². The Balaban J connectivity index is 2.07. The first kappa shape index (κ1) is 16.5. The van der Waals surface area contributed by atoms with E-state index in [4.69, 9.17) is 4.74 Å². The number of benzene rings is 1. The number of nitrogens with zero attached hydrogens (tertiary/aromatic N) is 1. The number of sulfone groups is 1. The number of ether oxygens (including phenoxy) is 1. The van der Waals surface area contributed by atoms with Gasteiger partial charge in [-0.25, -0.2) is 13.2 Å². The van der Waals surface area contributed by atoms with Crippen LogP contribution in [0.3, 0.4) is 0 Å². The molecular weight excluding hydrogens is 306 g/mol. The molecule has 0 aromatic heterocycles. The fourth-order valence-corrected chi connectivity index (χ4v) is 2.99. The molecule has 0 saturated carbocycles. The van der Waals surface area contributed by atoms with E-state index in [0.717, 1.165) is 19.1 Å². The fourth-order valence-electron chi connectivity index (χ4n) is 2.33. The van der Waals surface area contributed by atoms with Crippen LogP contribution in [0.4, 0.5) is 0 Å². The summed E-state index contributed by atoms with van der Waals surface area (Å²) < 4.78 is 28.2. The number of carbonyl (C=O) groups is 2. The highest BCUT2D eigenvalue weighted by Gasteiger charge is 2.26. The highest BCUT2D eigenvalue weighted by molar-refractivity contribution is 7.90. The molecule has 1 aliphatic heterocycles. The smallest absolute Gasteiger partial charge is 0.338 e. The molecule has 1 atom stereocenters. The van der Waals surface area contributed by atoms with Crippen molar-refractivity contribution in [1.29, 1.82) is 0 Å². The molecule has 1 amide bonds. The van der Waals surface area contributed by atoms with Crippen molar-refractivity contribution in [3.8, 4) is 0 Å². The first-order valence-corrected chi connectivity index (χ1v) is 8.98. The van der Waals surface area contributed by atoms with Crippen molar-refractivity contribution >= 4 is 21.7 Å². The SMILES string of the molecule is CC(OC(=O)c1cccc(S(C)(=O)=O)c1)C(=O)N1CCCC1. The number of rotatable bonds is 4. The van der Waals surface area contributed by atoms with E-state index in [1.807, 2.05) is 0 Å². The van der Waals surface area contributed by atoms with Gasteiger partial charge in [0.15, 0.2) is 15.9 Å². The lowest BCUT2D eigenvalue weighted by molar-refractivity contribution is -0.138. The Morgan fingerprint density at radius 3 is 2.45 bits per heavy atom. The van der Waals surface area contributed by atoms with Crippen LogP contribution in [0.1, 0.15) is 30.1 Å². The molecule has 1 saturated heterocycles. The molecule has 2 rings (SSSR count). The summed E-state index contributed by atoms with van der Waals surface area (Å²) in [4.78, 5) is 25.9. The Kier molecular flexibility index (Phi) is 4.85. The van der Waals surface area contributed by atoms with Crippen molar-refractivity contribution < 1.29 is 22.7 Å². The van der Waals surface area contributed by atoms with Gasteiger partial charge in [0.2, 0.25) is 0 Å². The topological polar surface area (TPSA) is 80.8 Å². The Morgan fingerprint density at radius 2 is 1.86 bits per heavy atom. The third kappa shape index (κ3) is 3.85. The zero-order valence-electron chi connectivity index (χ0n) is 12.6. The maximum atomic E-state index is 12.1. The molecule has 1 unspecified atom stereocenters. The van der Waals surface area contributed by atoms with E-state index in [-0.39, 0.29) is 16.4 Å². The highest BCUT2D eigenvalue weighted by Crippen LogP contribution is 2.15. The Bertz CT molecular complexity index is 677. The minimum atomic E-state index is -3.40. The van der Waals surface area contributed by atoms with Gasteiger partial charge in [-0.15, -0.1) is 0 Å². The lowest BCUT2D eigenvalue weighted by atomic mass is 10.2. The van der Waals surface area contributed by atoms with Crippen molar-refractivity contribution in [3.63, 3.8) is 0 Å². The largest absolute Gasteiger partial charge is 0.449 e. The van der Waals surface area contributed by atoms with Crippen LogP contribution in [-0.4, -0.2) is 50.6 Å². The second-order valence-corrected chi connectivity index (χ2v) is 7.40. The summed E-state index contributed by atoms with van der Waals surface area (Å²) in [7, 11) is -3.40. The zero-order valence-corrected chi connectivity index (χ0v) is 13.4. The van der Waals surface area contributed by atoms with E-state index in [9.17, 15) is 18.0 Å². The van der Waals surface area contributed by atoms with Crippen LogP contribution in [0.2, 0.25) is 0 Å². The van der Waals surface area contributed by atoms with Crippen molar-refractivity contribution in [2.45, 2.75) is 30.8 Å². The molecule has 0 spiro atoms. The number of carbonyl (C=O) groups excluding carboxylic acids is 2. The minimum absolute atomic E-state index is 0.0421. The van der Waals surface area contributed by atoms with E-state index >= 15 is 0 Å². The van der Waals surface area contributed by atoms with E-state index in [1.54, 1.807) is 4.90 Å². The van der Waals surface area contributed by atoms with Gasteiger partial charge < -0.3 is 9.64 Å². The van der Waals surface area contributed by atoms with Crippen molar-refractivity contribution in [1.82, 2.24) is 4.90 Å². The predicted octanol–water partition coefficient (Wildman–Crippen LogP) is 1.26. The lowest BCUT2D eigenvalue weighted by Gasteiger charge is -2.20. The predicted molar refractivity (Wildman–Crippen MR) is 80.2 cm³/mol. The van der Waals surface area contributed by atoms with Crippen LogP contribution >= 0.6 is 0 Å². The molecule has 1 heterocycles. The maximum Gasteiger partial charge on any atom is 0.338 e. The van der Waals surface area contributed by atoms with Crippen molar-refractivity contribution in [2.24, 2.45) is 0 Å². The van der Waals surface area contributed by atoms with Gasteiger partial charge >= 0.3 is 5.97 Å². The zero-order chi connectivity index (χ0) is 16.3. The van der Waals surface area contributed by atoms with Gasteiger partial charge in [-0.3, -0.25) is 4.79 Å². The molecule has 120 valence electrons. The maximum absolute atomic E-state index is 12.1.